The highest BCUT2D eigenvalue weighted by atomic mass is 35.5. The number of hydrogen-bond acceptors (Lipinski definition) is 6. The Kier molecular flexibility index (Phi) is 5.30. The lowest BCUT2D eigenvalue weighted by atomic mass is 9.61. The van der Waals surface area contributed by atoms with Crippen LogP contribution in [0.5, 0.6) is 0 Å². The number of esters is 2. The predicted octanol–water partition coefficient (Wildman–Crippen LogP) is 1.73. The molecule has 1 aliphatic carbocycles. The summed E-state index contributed by atoms with van der Waals surface area (Å²) in [6.07, 6.45) is -0.354. The molecule has 0 spiro atoms. The van der Waals surface area contributed by atoms with Crippen LogP contribution in [0.25, 0.3) is 0 Å². The Balaban J connectivity index is 2.68. The Morgan fingerprint density at radius 2 is 1.79 bits per heavy atom. The first-order valence-corrected chi connectivity index (χ1v) is 7.77. The Morgan fingerprint density at radius 3 is 2.33 bits per heavy atom. The van der Waals surface area contributed by atoms with Crippen LogP contribution in [-0.4, -0.2) is 42.6 Å². The second-order valence-electron chi connectivity index (χ2n) is 6.05. The highest BCUT2D eigenvalue weighted by Gasteiger charge is 2.57. The molecule has 1 N–H and O–H groups in total. The Hall–Kier alpha value is -1.92. The minimum absolute atomic E-state index is 0.288. The number of ketones is 1. The number of Topliss-reactive ketones (excluding diaryl/α,β-unsaturated/α-hetero) is 1. The van der Waals surface area contributed by atoms with Gasteiger partial charge in [0.05, 0.1) is 25.7 Å². The lowest BCUT2D eigenvalue weighted by Crippen LogP contribution is -2.55. The molecule has 130 valence electrons. The SMILES string of the molecule is COC(=O)C1C(=O)CC(C)(O)C(C(=O)OC)C1c1ccccc1Cl. The van der Waals surface area contributed by atoms with Gasteiger partial charge in [-0.2, -0.15) is 0 Å². The molecule has 0 radical (unpaired) electrons. The minimum atomic E-state index is -1.67. The van der Waals surface area contributed by atoms with Crippen LogP contribution in [0.3, 0.4) is 0 Å². The van der Waals surface area contributed by atoms with Crippen LogP contribution in [0.2, 0.25) is 5.02 Å². The zero-order valence-electron chi connectivity index (χ0n) is 13.6. The fraction of sp³-hybridized carbons (Fsp3) is 0.471. The summed E-state index contributed by atoms with van der Waals surface area (Å²) in [5.74, 6) is -5.34. The second-order valence-corrected chi connectivity index (χ2v) is 6.46. The smallest absolute Gasteiger partial charge is 0.316 e. The van der Waals surface area contributed by atoms with E-state index in [0.29, 0.717) is 5.56 Å². The molecule has 0 heterocycles. The number of ether oxygens (including phenoxy) is 2. The molecule has 4 atom stereocenters. The molecule has 6 nitrogen and oxygen atoms in total. The highest BCUT2D eigenvalue weighted by Crippen LogP contribution is 2.48. The number of carbonyl (C=O) groups is 3. The van der Waals surface area contributed by atoms with Gasteiger partial charge >= 0.3 is 11.9 Å². The molecular formula is C17H19ClO6. The van der Waals surface area contributed by atoms with E-state index in [1.165, 1.54) is 21.1 Å². The Bertz CT molecular complexity index is 669. The average Bonchev–Trinajstić information content (AvgIpc) is 2.52. The van der Waals surface area contributed by atoms with Gasteiger partial charge in [-0.25, -0.2) is 0 Å². The van der Waals surface area contributed by atoms with E-state index >= 15 is 0 Å². The van der Waals surface area contributed by atoms with E-state index in [9.17, 15) is 19.5 Å². The van der Waals surface area contributed by atoms with Crippen LogP contribution in [0.4, 0.5) is 0 Å². The van der Waals surface area contributed by atoms with Crippen LogP contribution < -0.4 is 0 Å². The monoisotopic (exact) mass is 354 g/mol. The lowest BCUT2D eigenvalue weighted by Gasteiger charge is -2.43. The van der Waals surface area contributed by atoms with Crippen molar-refractivity contribution in [1.29, 1.82) is 0 Å². The van der Waals surface area contributed by atoms with Gasteiger partial charge < -0.3 is 14.6 Å². The maximum Gasteiger partial charge on any atom is 0.316 e. The van der Waals surface area contributed by atoms with Crippen LogP contribution in [0.15, 0.2) is 24.3 Å². The van der Waals surface area contributed by atoms with Gasteiger partial charge in [-0.1, -0.05) is 29.8 Å². The van der Waals surface area contributed by atoms with Crippen LogP contribution in [0, 0.1) is 11.8 Å². The van der Waals surface area contributed by atoms with E-state index in [4.69, 9.17) is 21.1 Å². The van der Waals surface area contributed by atoms with E-state index in [2.05, 4.69) is 0 Å². The molecule has 1 aromatic rings. The van der Waals surface area contributed by atoms with Crippen molar-refractivity contribution < 1.29 is 29.0 Å². The maximum absolute atomic E-state index is 12.5. The molecule has 0 saturated heterocycles. The van der Waals surface area contributed by atoms with Crippen molar-refractivity contribution in [1.82, 2.24) is 0 Å². The molecule has 0 amide bonds. The Morgan fingerprint density at radius 1 is 1.21 bits per heavy atom. The normalized spacial score (nSPS) is 29.9. The number of benzene rings is 1. The van der Waals surface area contributed by atoms with E-state index < -0.39 is 41.1 Å². The van der Waals surface area contributed by atoms with Crippen molar-refractivity contribution in [3.05, 3.63) is 34.9 Å². The summed E-state index contributed by atoms with van der Waals surface area (Å²) < 4.78 is 9.55. The zero-order valence-corrected chi connectivity index (χ0v) is 14.4. The highest BCUT2D eigenvalue weighted by molar-refractivity contribution is 6.31. The van der Waals surface area contributed by atoms with Crippen molar-refractivity contribution in [2.45, 2.75) is 24.9 Å². The molecule has 0 aliphatic heterocycles. The van der Waals surface area contributed by atoms with Crippen molar-refractivity contribution in [2.75, 3.05) is 14.2 Å². The van der Waals surface area contributed by atoms with Gasteiger partial charge in [-0.05, 0) is 18.6 Å². The summed E-state index contributed by atoms with van der Waals surface area (Å²) in [5, 5.41) is 11.0. The number of halogens is 1. The maximum atomic E-state index is 12.5. The first-order chi connectivity index (χ1) is 11.2. The second kappa shape index (κ2) is 6.91. The van der Waals surface area contributed by atoms with Gasteiger partial charge in [0.15, 0.2) is 5.78 Å². The molecule has 7 heteroatoms. The fourth-order valence-electron chi connectivity index (χ4n) is 3.39. The number of rotatable bonds is 3. The van der Waals surface area contributed by atoms with Crippen LogP contribution >= 0.6 is 11.6 Å². The zero-order chi connectivity index (χ0) is 18.1. The van der Waals surface area contributed by atoms with E-state index in [-0.39, 0.29) is 11.4 Å². The van der Waals surface area contributed by atoms with Crippen molar-refractivity contribution in [2.24, 2.45) is 11.8 Å². The molecule has 24 heavy (non-hydrogen) atoms. The molecule has 0 aromatic heterocycles. The van der Waals surface area contributed by atoms with Crippen molar-refractivity contribution in [3.8, 4) is 0 Å². The van der Waals surface area contributed by atoms with Crippen LogP contribution in [0.1, 0.15) is 24.8 Å². The summed E-state index contributed by atoms with van der Waals surface area (Å²) in [4.78, 5) is 37.1. The predicted molar refractivity (Wildman–Crippen MR) is 85.5 cm³/mol. The van der Waals surface area contributed by atoms with Gasteiger partial charge in [0, 0.05) is 17.4 Å². The number of hydrogen-bond donors (Lipinski definition) is 1. The lowest BCUT2D eigenvalue weighted by molar-refractivity contribution is -0.170. The molecule has 1 fully saturated rings. The summed E-state index contributed by atoms with van der Waals surface area (Å²) in [5.41, 5.74) is -1.25. The molecule has 0 bridgehead atoms. The largest absolute Gasteiger partial charge is 0.469 e. The van der Waals surface area contributed by atoms with E-state index in [0.717, 1.165) is 0 Å². The Labute approximate surface area is 144 Å². The van der Waals surface area contributed by atoms with E-state index in [1.807, 2.05) is 0 Å². The van der Waals surface area contributed by atoms with Gasteiger partial charge in [-0.3, -0.25) is 14.4 Å². The van der Waals surface area contributed by atoms with Gasteiger partial charge in [0.25, 0.3) is 0 Å². The van der Waals surface area contributed by atoms with Crippen molar-refractivity contribution in [3.63, 3.8) is 0 Å². The van der Waals surface area contributed by atoms with Gasteiger partial charge in [0.1, 0.15) is 5.92 Å². The first kappa shape index (κ1) is 18.4. The molecule has 2 rings (SSSR count). The third-order valence-corrected chi connectivity index (χ3v) is 4.79. The number of carbonyl (C=O) groups excluding carboxylic acids is 3. The molecule has 1 aromatic carbocycles. The minimum Gasteiger partial charge on any atom is -0.469 e. The molecule has 1 saturated carbocycles. The molecular weight excluding hydrogens is 336 g/mol. The summed E-state index contributed by atoms with van der Waals surface area (Å²) in [6, 6.07) is 6.58. The summed E-state index contributed by atoms with van der Waals surface area (Å²) in [6.45, 7) is 1.38. The third-order valence-electron chi connectivity index (χ3n) is 4.44. The standard InChI is InChI=1S/C17H19ClO6/c1-17(22)8-11(19)13(15(20)23-2)12(14(17)16(21)24-3)9-6-4-5-7-10(9)18/h4-7,12-14,22H,8H2,1-3H3. The summed E-state index contributed by atoms with van der Waals surface area (Å²) in [7, 11) is 2.35. The quantitative estimate of drug-likeness (QED) is 0.656. The van der Waals surface area contributed by atoms with Crippen molar-refractivity contribution >= 4 is 29.3 Å². The average molecular weight is 355 g/mol. The van der Waals surface area contributed by atoms with E-state index in [1.54, 1.807) is 24.3 Å². The number of methoxy groups -OCH3 is 2. The number of aliphatic hydroxyl groups is 1. The van der Waals surface area contributed by atoms with Crippen LogP contribution in [-0.2, 0) is 23.9 Å². The third kappa shape index (κ3) is 3.16. The molecule has 4 unspecified atom stereocenters. The summed E-state index contributed by atoms with van der Waals surface area (Å²) >= 11 is 6.23. The molecule has 1 aliphatic rings. The van der Waals surface area contributed by atoms with Gasteiger partial charge in [0.2, 0.25) is 0 Å². The van der Waals surface area contributed by atoms with Gasteiger partial charge in [-0.15, -0.1) is 0 Å². The topological polar surface area (TPSA) is 89.9 Å². The fourth-order valence-corrected chi connectivity index (χ4v) is 3.65. The first-order valence-electron chi connectivity index (χ1n) is 7.39.